The van der Waals surface area contributed by atoms with E-state index in [9.17, 15) is 4.79 Å². The van der Waals surface area contributed by atoms with Crippen molar-refractivity contribution in [2.45, 2.75) is 46.7 Å². The summed E-state index contributed by atoms with van der Waals surface area (Å²) < 4.78 is 0. The summed E-state index contributed by atoms with van der Waals surface area (Å²) in [6.45, 7) is 9.75. The zero-order valence-corrected chi connectivity index (χ0v) is 13.7. The average molecular weight is 293 g/mol. The van der Waals surface area contributed by atoms with Gasteiger partial charge in [-0.2, -0.15) is 0 Å². The van der Waals surface area contributed by atoms with Crippen molar-refractivity contribution in [1.82, 2.24) is 20.2 Å². The second-order valence-corrected chi connectivity index (χ2v) is 5.63. The Morgan fingerprint density at radius 2 is 2.10 bits per heavy atom. The van der Waals surface area contributed by atoms with Crippen LogP contribution in [0.5, 0.6) is 0 Å². The molecule has 0 aromatic carbocycles. The molecule has 0 fully saturated rings. The van der Waals surface area contributed by atoms with Gasteiger partial charge >= 0.3 is 0 Å². The Morgan fingerprint density at radius 3 is 2.71 bits per heavy atom. The van der Waals surface area contributed by atoms with Gasteiger partial charge in [-0.1, -0.05) is 6.92 Å². The molecule has 0 unspecified atom stereocenters. The highest BCUT2D eigenvalue weighted by Crippen LogP contribution is 2.07. The smallest absolute Gasteiger partial charge is 0.234 e. The SMILES string of the molecule is CCCNc1cc(C)nc(CN(C)CC(=O)NC(C)C)n1. The zero-order valence-electron chi connectivity index (χ0n) is 13.7. The van der Waals surface area contributed by atoms with Crippen LogP contribution in [0, 0.1) is 6.92 Å². The number of nitrogens with one attached hydrogen (secondary N) is 2. The summed E-state index contributed by atoms with van der Waals surface area (Å²) in [4.78, 5) is 22.5. The highest BCUT2D eigenvalue weighted by molar-refractivity contribution is 5.78. The first-order chi connectivity index (χ1) is 9.90. The van der Waals surface area contributed by atoms with Crippen LogP contribution < -0.4 is 10.6 Å². The number of anilines is 1. The number of rotatable bonds is 8. The fraction of sp³-hybridized carbons (Fsp3) is 0.667. The third-order valence-corrected chi connectivity index (χ3v) is 2.73. The summed E-state index contributed by atoms with van der Waals surface area (Å²) in [5.41, 5.74) is 0.929. The maximum atomic E-state index is 11.7. The molecule has 118 valence electrons. The van der Waals surface area contributed by atoms with Crippen molar-refractivity contribution in [2.24, 2.45) is 0 Å². The average Bonchev–Trinajstić information content (AvgIpc) is 2.34. The molecule has 0 radical (unpaired) electrons. The van der Waals surface area contributed by atoms with Gasteiger partial charge in [0.1, 0.15) is 11.6 Å². The van der Waals surface area contributed by atoms with Gasteiger partial charge in [-0.25, -0.2) is 9.97 Å². The quantitative estimate of drug-likeness (QED) is 0.761. The van der Waals surface area contributed by atoms with E-state index in [1.54, 1.807) is 0 Å². The largest absolute Gasteiger partial charge is 0.370 e. The minimum Gasteiger partial charge on any atom is -0.370 e. The van der Waals surface area contributed by atoms with Gasteiger partial charge in [-0.05, 0) is 34.2 Å². The Hall–Kier alpha value is -1.69. The molecule has 21 heavy (non-hydrogen) atoms. The van der Waals surface area contributed by atoms with E-state index in [4.69, 9.17) is 0 Å². The van der Waals surface area contributed by atoms with Gasteiger partial charge in [0, 0.05) is 24.3 Å². The number of aromatic nitrogens is 2. The van der Waals surface area contributed by atoms with Crippen LogP contribution >= 0.6 is 0 Å². The molecule has 0 aliphatic rings. The number of amides is 1. The molecule has 0 bridgehead atoms. The van der Waals surface area contributed by atoms with Crippen LogP contribution in [0.4, 0.5) is 5.82 Å². The van der Waals surface area contributed by atoms with Gasteiger partial charge in [0.15, 0.2) is 0 Å². The van der Waals surface area contributed by atoms with Crippen molar-refractivity contribution in [3.05, 3.63) is 17.6 Å². The van der Waals surface area contributed by atoms with Crippen LogP contribution in [0.15, 0.2) is 6.07 Å². The minimum atomic E-state index is 0.0180. The van der Waals surface area contributed by atoms with Crippen LogP contribution in [0.2, 0.25) is 0 Å². The Kier molecular flexibility index (Phi) is 7.08. The molecule has 6 heteroatoms. The van der Waals surface area contributed by atoms with Gasteiger partial charge in [0.25, 0.3) is 0 Å². The van der Waals surface area contributed by atoms with Crippen molar-refractivity contribution in [3.63, 3.8) is 0 Å². The molecule has 1 aromatic rings. The number of carbonyl (C=O) groups is 1. The molecule has 2 N–H and O–H groups in total. The molecular formula is C15H27N5O. The molecule has 0 aliphatic carbocycles. The molecule has 0 spiro atoms. The first-order valence-electron chi connectivity index (χ1n) is 7.47. The Bertz CT molecular complexity index is 461. The molecule has 0 atom stereocenters. The Balaban J connectivity index is 2.60. The highest BCUT2D eigenvalue weighted by atomic mass is 16.2. The number of aryl methyl sites for hydroxylation is 1. The van der Waals surface area contributed by atoms with Crippen LogP contribution in [0.25, 0.3) is 0 Å². The first-order valence-corrected chi connectivity index (χ1v) is 7.47. The number of likely N-dealkylation sites (N-methyl/N-ethyl adjacent to an activating group) is 1. The summed E-state index contributed by atoms with van der Waals surface area (Å²) >= 11 is 0. The summed E-state index contributed by atoms with van der Waals surface area (Å²) in [5, 5.41) is 6.14. The molecule has 1 rings (SSSR count). The molecule has 1 heterocycles. The fourth-order valence-corrected chi connectivity index (χ4v) is 1.95. The van der Waals surface area contributed by atoms with Crippen molar-refractivity contribution in [2.75, 3.05) is 25.5 Å². The maximum Gasteiger partial charge on any atom is 0.234 e. The molecule has 0 aliphatic heterocycles. The Labute approximate surface area is 127 Å². The van der Waals surface area contributed by atoms with Crippen molar-refractivity contribution < 1.29 is 4.79 Å². The van der Waals surface area contributed by atoms with Gasteiger partial charge in [0.05, 0.1) is 13.1 Å². The van der Waals surface area contributed by atoms with E-state index >= 15 is 0 Å². The summed E-state index contributed by atoms with van der Waals surface area (Å²) in [5.74, 6) is 1.59. The topological polar surface area (TPSA) is 70.2 Å². The lowest BCUT2D eigenvalue weighted by Gasteiger charge is -2.17. The van der Waals surface area contributed by atoms with E-state index < -0.39 is 0 Å². The predicted molar refractivity (Wildman–Crippen MR) is 85.2 cm³/mol. The predicted octanol–water partition coefficient (Wildman–Crippen LogP) is 1.56. The normalized spacial score (nSPS) is 11.0. The van der Waals surface area contributed by atoms with E-state index in [-0.39, 0.29) is 11.9 Å². The third-order valence-electron chi connectivity index (χ3n) is 2.73. The van der Waals surface area contributed by atoms with E-state index in [2.05, 4.69) is 27.5 Å². The minimum absolute atomic E-state index is 0.0180. The van der Waals surface area contributed by atoms with E-state index in [1.165, 1.54) is 0 Å². The van der Waals surface area contributed by atoms with Crippen LogP contribution in [-0.2, 0) is 11.3 Å². The van der Waals surface area contributed by atoms with Gasteiger partial charge < -0.3 is 10.6 Å². The lowest BCUT2D eigenvalue weighted by molar-refractivity contribution is -0.122. The van der Waals surface area contributed by atoms with E-state index in [0.717, 1.165) is 30.3 Å². The van der Waals surface area contributed by atoms with E-state index in [0.29, 0.717) is 13.1 Å². The third kappa shape index (κ3) is 7.04. The van der Waals surface area contributed by atoms with Gasteiger partial charge in [-0.15, -0.1) is 0 Å². The number of carbonyl (C=O) groups excluding carboxylic acids is 1. The van der Waals surface area contributed by atoms with Crippen molar-refractivity contribution in [1.29, 1.82) is 0 Å². The number of nitrogens with zero attached hydrogens (tertiary/aromatic N) is 3. The van der Waals surface area contributed by atoms with Crippen LogP contribution in [0.3, 0.4) is 0 Å². The Morgan fingerprint density at radius 1 is 1.38 bits per heavy atom. The summed E-state index contributed by atoms with van der Waals surface area (Å²) in [7, 11) is 1.89. The maximum absolute atomic E-state index is 11.7. The fourth-order valence-electron chi connectivity index (χ4n) is 1.95. The first kappa shape index (κ1) is 17.4. The second-order valence-electron chi connectivity index (χ2n) is 5.63. The van der Waals surface area contributed by atoms with Crippen molar-refractivity contribution in [3.8, 4) is 0 Å². The monoisotopic (exact) mass is 293 g/mol. The lowest BCUT2D eigenvalue weighted by Crippen LogP contribution is -2.38. The van der Waals surface area contributed by atoms with Gasteiger partial charge in [-0.3, -0.25) is 9.69 Å². The standard InChI is InChI=1S/C15H27N5O/c1-6-7-16-13-8-12(4)18-14(19-13)9-20(5)10-15(21)17-11(2)3/h8,11H,6-7,9-10H2,1-5H3,(H,17,21)(H,16,18,19). The summed E-state index contributed by atoms with van der Waals surface area (Å²) in [6.07, 6.45) is 1.05. The molecular weight excluding hydrogens is 266 g/mol. The summed E-state index contributed by atoms with van der Waals surface area (Å²) in [6, 6.07) is 2.09. The van der Waals surface area contributed by atoms with E-state index in [1.807, 2.05) is 38.8 Å². The molecule has 1 aromatic heterocycles. The lowest BCUT2D eigenvalue weighted by atomic mass is 10.3. The molecule has 1 amide bonds. The highest BCUT2D eigenvalue weighted by Gasteiger charge is 2.10. The number of hydrogen-bond donors (Lipinski definition) is 2. The van der Waals surface area contributed by atoms with Gasteiger partial charge in [0.2, 0.25) is 5.91 Å². The molecule has 6 nitrogen and oxygen atoms in total. The van der Waals surface area contributed by atoms with Crippen LogP contribution in [0.1, 0.15) is 38.7 Å². The number of hydrogen-bond acceptors (Lipinski definition) is 5. The van der Waals surface area contributed by atoms with Crippen molar-refractivity contribution >= 4 is 11.7 Å². The second kappa shape index (κ2) is 8.56. The molecule has 0 saturated carbocycles. The molecule has 0 saturated heterocycles. The zero-order chi connectivity index (χ0) is 15.8. The van der Waals surface area contributed by atoms with Crippen LogP contribution in [-0.4, -0.2) is 47.0 Å².